The van der Waals surface area contributed by atoms with Crippen molar-refractivity contribution in [1.29, 1.82) is 0 Å². The highest BCUT2D eigenvalue weighted by Gasteiger charge is 2.23. The van der Waals surface area contributed by atoms with Crippen LogP contribution in [0.25, 0.3) is 0 Å². The van der Waals surface area contributed by atoms with Crippen LogP contribution in [0.1, 0.15) is 6.92 Å². The van der Waals surface area contributed by atoms with E-state index in [1.165, 1.54) is 0 Å². The number of benzene rings is 1. The molecular weight excluding hydrogens is 151 g/mol. The lowest BCUT2D eigenvalue weighted by molar-refractivity contribution is 0.283. The van der Waals surface area contributed by atoms with Crippen molar-refractivity contribution in [2.45, 2.75) is 6.92 Å². The highest BCUT2D eigenvalue weighted by atomic mass is 16.6. The molecule has 0 saturated carbocycles. The molecule has 0 atom stereocenters. The van der Waals surface area contributed by atoms with E-state index in [1.807, 2.05) is 37.3 Å². The van der Waals surface area contributed by atoms with Gasteiger partial charge < -0.3 is 4.76 Å². The van der Waals surface area contributed by atoms with Crippen LogP contribution in [0.15, 0.2) is 35.2 Å². The molecule has 60 valence electrons. The molecule has 0 aromatic heterocycles. The molecule has 12 heavy (non-hydrogen) atoms. The maximum atomic E-state index is 5.20. The van der Waals surface area contributed by atoms with Gasteiger partial charge in [0.25, 0.3) is 0 Å². The van der Waals surface area contributed by atoms with E-state index in [2.05, 4.69) is 10.4 Å². The first-order valence-corrected chi connectivity index (χ1v) is 3.87. The van der Waals surface area contributed by atoms with Crippen LogP contribution in [0.3, 0.4) is 0 Å². The molecule has 2 rings (SSSR count). The van der Waals surface area contributed by atoms with Crippen molar-refractivity contribution in [3.8, 4) is 0 Å². The number of nitrogens with zero attached hydrogens (tertiary/aromatic N) is 1. The van der Waals surface area contributed by atoms with Crippen molar-refractivity contribution in [2.75, 3.05) is 0 Å². The molecule has 1 aromatic carbocycles. The predicted molar refractivity (Wildman–Crippen MR) is 49.2 cm³/mol. The Hall–Kier alpha value is -1.29. The summed E-state index contributed by atoms with van der Waals surface area (Å²) in [6.07, 6.45) is 0. The normalized spacial score (nSPS) is 15.8. The quantitative estimate of drug-likeness (QED) is 0.600. The van der Waals surface area contributed by atoms with E-state index in [0.29, 0.717) is 0 Å². The average molecular weight is 160 g/mol. The summed E-state index contributed by atoms with van der Waals surface area (Å²) in [5.41, 5.74) is 3.79. The van der Waals surface area contributed by atoms with Gasteiger partial charge in [-0.25, -0.2) is 0 Å². The first-order valence-electron chi connectivity index (χ1n) is 3.87. The average Bonchev–Trinajstić information content (AvgIpc) is 2.54. The zero-order valence-corrected chi connectivity index (χ0v) is 6.82. The standard InChI is InChI=1S/C8H9BN2O/c1-7-10-9(12-11-7)8-5-3-2-4-6-8/h2-6H,1H3,(H,10,11). The maximum Gasteiger partial charge on any atom is 0.496 e. The van der Waals surface area contributed by atoms with E-state index in [4.69, 9.17) is 4.76 Å². The van der Waals surface area contributed by atoms with Gasteiger partial charge >= 0.3 is 7.05 Å². The van der Waals surface area contributed by atoms with Gasteiger partial charge in [0.15, 0.2) is 0 Å². The van der Waals surface area contributed by atoms with Crippen LogP contribution in [0.5, 0.6) is 0 Å². The van der Waals surface area contributed by atoms with E-state index in [1.54, 1.807) is 0 Å². The molecule has 0 radical (unpaired) electrons. The van der Waals surface area contributed by atoms with Crippen molar-refractivity contribution in [3.63, 3.8) is 0 Å². The topological polar surface area (TPSA) is 33.6 Å². The van der Waals surface area contributed by atoms with Gasteiger partial charge in [-0.05, 0) is 12.4 Å². The Labute approximate surface area is 71.5 Å². The Balaban J connectivity index is 2.22. The lowest BCUT2D eigenvalue weighted by atomic mass is 9.75. The minimum absolute atomic E-state index is 0.175. The summed E-state index contributed by atoms with van der Waals surface area (Å²) in [6.45, 7) is 1.88. The fourth-order valence-electron chi connectivity index (χ4n) is 1.13. The Bertz CT molecular complexity index is 299. The SMILES string of the molecule is CC1=NB(c2ccccc2)ON1. The summed E-state index contributed by atoms with van der Waals surface area (Å²) >= 11 is 0. The lowest BCUT2D eigenvalue weighted by Crippen LogP contribution is -2.31. The van der Waals surface area contributed by atoms with Crippen molar-refractivity contribution >= 4 is 18.3 Å². The van der Waals surface area contributed by atoms with Crippen LogP contribution in [-0.2, 0) is 4.76 Å². The maximum absolute atomic E-state index is 5.20. The second-order valence-electron chi connectivity index (χ2n) is 2.70. The van der Waals surface area contributed by atoms with Gasteiger partial charge in [-0.3, -0.25) is 10.4 Å². The van der Waals surface area contributed by atoms with Gasteiger partial charge in [-0.1, -0.05) is 30.3 Å². The van der Waals surface area contributed by atoms with Crippen LogP contribution in [0, 0.1) is 0 Å². The monoisotopic (exact) mass is 160 g/mol. The molecule has 0 fully saturated rings. The van der Waals surface area contributed by atoms with E-state index in [-0.39, 0.29) is 7.05 Å². The van der Waals surface area contributed by atoms with Crippen molar-refractivity contribution in [3.05, 3.63) is 30.3 Å². The number of hydrogen-bond acceptors (Lipinski definition) is 3. The molecular formula is C8H9BN2O. The van der Waals surface area contributed by atoms with E-state index in [9.17, 15) is 0 Å². The zero-order valence-electron chi connectivity index (χ0n) is 6.82. The molecule has 4 heteroatoms. The smallest absolute Gasteiger partial charge is 0.300 e. The Morgan fingerprint density at radius 3 is 2.67 bits per heavy atom. The van der Waals surface area contributed by atoms with Gasteiger partial charge in [0, 0.05) is 0 Å². The largest absolute Gasteiger partial charge is 0.496 e. The van der Waals surface area contributed by atoms with Gasteiger partial charge in [-0.15, -0.1) is 0 Å². The van der Waals surface area contributed by atoms with Crippen molar-refractivity contribution in [2.24, 2.45) is 4.90 Å². The van der Waals surface area contributed by atoms with Gasteiger partial charge in [-0.2, -0.15) is 0 Å². The third kappa shape index (κ3) is 1.33. The summed E-state index contributed by atoms with van der Waals surface area (Å²) in [4.78, 5) is 4.24. The van der Waals surface area contributed by atoms with Crippen LogP contribution in [0.4, 0.5) is 0 Å². The summed E-state index contributed by atoms with van der Waals surface area (Å²) in [6, 6.07) is 9.91. The molecule has 3 nitrogen and oxygen atoms in total. The fraction of sp³-hybridized carbons (Fsp3) is 0.125. The third-order valence-electron chi connectivity index (χ3n) is 1.71. The minimum Gasteiger partial charge on any atom is -0.300 e. The Morgan fingerprint density at radius 2 is 2.08 bits per heavy atom. The van der Waals surface area contributed by atoms with Crippen LogP contribution < -0.4 is 10.9 Å². The summed E-state index contributed by atoms with van der Waals surface area (Å²) in [5.74, 6) is 0.823. The number of amidine groups is 1. The van der Waals surface area contributed by atoms with Crippen molar-refractivity contribution in [1.82, 2.24) is 5.48 Å². The van der Waals surface area contributed by atoms with Crippen molar-refractivity contribution < 1.29 is 4.76 Å². The molecule has 1 aliphatic rings. The molecule has 1 aliphatic heterocycles. The van der Waals surface area contributed by atoms with E-state index >= 15 is 0 Å². The van der Waals surface area contributed by atoms with Crippen LogP contribution >= 0.6 is 0 Å². The fourth-order valence-corrected chi connectivity index (χ4v) is 1.13. The van der Waals surface area contributed by atoms with Crippen LogP contribution in [0.2, 0.25) is 0 Å². The van der Waals surface area contributed by atoms with E-state index in [0.717, 1.165) is 11.3 Å². The van der Waals surface area contributed by atoms with Gasteiger partial charge in [0.2, 0.25) is 0 Å². The van der Waals surface area contributed by atoms with E-state index < -0.39 is 0 Å². The van der Waals surface area contributed by atoms with Gasteiger partial charge in [0.1, 0.15) is 5.84 Å². The first kappa shape index (κ1) is 7.37. The highest BCUT2D eigenvalue weighted by Crippen LogP contribution is 1.96. The summed E-state index contributed by atoms with van der Waals surface area (Å²) in [7, 11) is -0.175. The number of hydroxylamine groups is 1. The second-order valence-corrected chi connectivity index (χ2v) is 2.70. The summed E-state index contributed by atoms with van der Waals surface area (Å²) in [5, 5.41) is 0. The molecule has 0 saturated heterocycles. The first-order chi connectivity index (χ1) is 5.86. The molecule has 1 aromatic rings. The molecule has 0 unspecified atom stereocenters. The lowest BCUT2D eigenvalue weighted by Gasteiger charge is -1.99. The Morgan fingerprint density at radius 1 is 1.33 bits per heavy atom. The van der Waals surface area contributed by atoms with Crippen LogP contribution in [-0.4, -0.2) is 12.9 Å². The summed E-state index contributed by atoms with van der Waals surface area (Å²) < 4.78 is 5.20. The highest BCUT2D eigenvalue weighted by molar-refractivity contribution is 6.67. The van der Waals surface area contributed by atoms with Gasteiger partial charge in [0.05, 0.1) is 0 Å². The molecule has 0 aliphatic carbocycles. The minimum atomic E-state index is -0.175. The Kier molecular flexibility index (Phi) is 1.83. The zero-order chi connectivity index (χ0) is 8.39. The molecule has 0 bridgehead atoms. The molecule has 1 heterocycles. The second kappa shape index (κ2) is 2.99. The number of hydrogen-bond donors (Lipinski definition) is 1. The number of nitrogens with one attached hydrogen (secondary N) is 1. The molecule has 0 spiro atoms. The molecule has 0 amide bonds. The molecule has 1 N–H and O–H groups in total. The number of rotatable bonds is 1. The predicted octanol–water partition coefficient (Wildman–Crippen LogP) is 0.335. The third-order valence-corrected chi connectivity index (χ3v) is 1.71.